The van der Waals surface area contributed by atoms with Gasteiger partial charge in [0.25, 0.3) is 0 Å². The standard InChI is InChI=1S/C32H30FNO4/c1-19(18-34-20(2)25-12-5-6-13-26(25)32(36)37)27-15-24(33)16-28-29(35)17-30(38-31(27)28)23-11-7-10-21-8-3-4-9-22(21)14-23/h3-6,8-9,12-17,19-20,34H,7,10-11,18H2,1-2H3,(H,36,37). The Morgan fingerprint density at radius 1 is 1.03 bits per heavy atom. The van der Waals surface area contributed by atoms with E-state index < -0.39 is 11.8 Å². The Balaban J connectivity index is 1.48. The zero-order valence-electron chi connectivity index (χ0n) is 21.5. The molecule has 6 heteroatoms. The summed E-state index contributed by atoms with van der Waals surface area (Å²) in [5, 5.41) is 13.1. The molecule has 5 nitrogen and oxygen atoms in total. The molecule has 1 aliphatic rings. The molecule has 0 saturated carbocycles. The molecule has 0 bridgehead atoms. The molecule has 0 saturated heterocycles. The molecule has 38 heavy (non-hydrogen) atoms. The number of hydrogen-bond acceptors (Lipinski definition) is 4. The highest BCUT2D eigenvalue weighted by Crippen LogP contribution is 2.33. The number of halogens is 1. The highest BCUT2D eigenvalue weighted by atomic mass is 19.1. The normalized spacial score (nSPS) is 14.9. The third-order valence-electron chi connectivity index (χ3n) is 7.33. The predicted octanol–water partition coefficient (Wildman–Crippen LogP) is 6.96. The minimum atomic E-state index is -0.983. The summed E-state index contributed by atoms with van der Waals surface area (Å²) >= 11 is 0. The summed E-state index contributed by atoms with van der Waals surface area (Å²) in [6.45, 7) is 4.26. The molecule has 0 aliphatic heterocycles. The smallest absolute Gasteiger partial charge is 0.336 e. The van der Waals surface area contributed by atoms with Crippen molar-refractivity contribution in [2.24, 2.45) is 0 Å². The number of hydrogen-bond donors (Lipinski definition) is 2. The highest BCUT2D eigenvalue weighted by molar-refractivity contribution is 5.89. The van der Waals surface area contributed by atoms with Crippen LogP contribution in [-0.2, 0) is 6.42 Å². The van der Waals surface area contributed by atoms with Gasteiger partial charge in [-0.2, -0.15) is 0 Å². The maximum atomic E-state index is 14.6. The van der Waals surface area contributed by atoms with E-state index in [9.17, 15) is 19.1 Å². The van der Waals surface area contributed by atoms with E-state index in [-0.39, 0.29) is 28.3 Å². The summed E-state index contributed by atoms with van der Waals surface area (Å²) in [5.74, 6) is -1.18. The van der Waals surface area contributed by atoms with Crippen molar-refractivity contribution < 1.29 is 18.7 Å². The fraction of sp³-hybridized carbons (Fsp3) is 0.250. The van der Waals surface area contributed by atoms with Gasteiger partial charge in [-0.3, -0.25) is 4.79 Å². The van der Waals surface area contributed by atoms with E-state index in [1.54, 1.807) is 24.3 Å². The van der Waals surface area contributed by atoms with Crippen LogP contribution in [0.25, 0.3) is 22.6 Å². The lowest BCUT2D eigenvalue weighted by Crippen LogP contribution is -2.25. The Labute approximate surface area is 220 Å². The molecule has 0 radical (unpaired) electrons. The van der Waals surface area contributed by atoms with Crippen LogP contribution in [0.5, 0.6) is 0 Å². The van der Waals surface area contributed by atoms with E-state index in [1.807, 2.05) is 26.0 Å². The maximum Gasteiger partial charge on any atom is 0.336 e. The molecule has 2 N–H and O–H groups in total. The van der Waals surface area contributed by atoms with Gasteiger partial charge < -0.3 is 14.8 Å². The van der Waals surface area contributed by atoms with Crippen molar-refractivity contribution in [3.8, 4) is 0 Å². The van der Waals surface area contributed by atoms with Crippen molar-refractivity contribution in [1.82, 2.24) is 5.32 Å². The Bertz CT molecular complexity index is 1600. The summed E-state index contributed by atoms with van der Waals surface area (Å²) in [7, 11) is 0. The second kappa shape index (κ2) is 10.8. The molecule has 3 aromatic carbocycles. The fourth-order valence-electron chi connectivity index (χ4n) is 5.24. The van der Waals surface area contributed by atoms with Crippen molar-refractivity contribution in [3.05, 3.63) is 116 Å². The summed E-state index contributed by atoms with van der Waals surface area (Å²) in [6.07, 6.45) is 4.76. The van der Waals surface area contributed by atoms with Crippen LogP contribution in [0.4, 0.5) is 4.39 Å². The van der Waals surface area contributed by atoms with Crippen LogP contribution in [0.2, 0.25) is 0 Å². The monoisotopic (exact) mass is 511 g/mol. The average molecular weight is 512 g/mol. The number of carboxylic acid groups (broad SMARTS) is 1. The van der Waals surface area contributed by atoms with Crippen molar-refractivity contribution >= 4 is 28.6 Å². The first kappa shape index (κ1) is 25.6. The Hall–Kier alpha value is -4.03. The van der Waals surface area contributed by atoms with Gasteiger partial charge in [-0.15, -0.1) is 0 Å². The van der Waals surface area contributed by atoms with Crippen LogP contribution in [-0.4, -0.2) is 17.6 Å². The minimum absolute atomic E-state index is 0.213. The number of carboxylic acids is 1. The van der Waals surface area contributed by atoms with Gasteiger partial charge in [0.05, 0.1) is 10.9 Å². The average Bonchev–Trinajstić information content (AvgIpc) is 3.14. The molecule has 0 amide bonds. The third-order valence-corrected chi connectivity index (χ3v) is 7.33. The van der Waals surface area contributed by atoms with Crippen LogP contribution < -0.4 is 10.7 Å². The number of benzene rings is 3. The quantitative estimate of drug-likeness (QED) is 0.280. The van der Waals surface area contributed by atoms with Gasteiger partial charge in [-0.1, -0.05) is 49.4 Å². The van der Waals surface area contributed by atoms with Crippen LogP contribution in [0.3, 0.4) is 0 Å². The first-order valence-electron chi connectivity index (χ1n) is 12.9. The second-order valence-electron chi connectivity index (χ2n) is 9.99. The van der Waals surface area contributed by atoms with E-state index in [0.717, 1.165) is 30.4 Å². The van der Waals surface area contributed by atoms with Crippen molar-refractivity contribution in [1.29, 1.82) is 0 Å². The molecule has 0 fully saturated rings. The second-order valence-corrected chi connectivity index (χ2v) is 9.99. The molecule has 0 spiro atoms. The lowest BCUT2D eigenvalue weighted by atomic mass is 9.96. The first-order valence-corrected chi connectivity index (χ1v) is 12.9. The van der Waals surface area contributed by atoms with Gasteiger partial charge >= 0.3 is 5.97 Å². The van der Waals surface area contributed by atoms with E-state index >= 15 is 0 Å². The van der Waals surface area contributed by atoms with E-state index in [1.165, 1.54) is 23.8 Å². The number of aromatic carboxylic acids is 1. The molecule has 194 valence electrons. The van der Waals surface area contributed by atoms with Crippen LogP contribution >= 0.6 is 0 Å². The van der Waals surface area contributed by atoms with Crippen molar-refractivity contribution in [2.45, 2.75) is 45.1 Å². The number of carbonyl (C=O) groups is 1. The minimum Gasteiger partial charge on any atom is -0.478 e. The van der Waals surface area contributed by atoms with Gasteiger partial charge in [0.1, 0.15) is 17.2 Å². The lowest BCUT2D eigenvalue weighted by molar-refractivity contribution is 0.0695. The van der Waals surface area contributed by atoms with Gasteiger partial charge in [-0.25, -0.2) is 9.18 Å². The lowest BCUT2D eigenvalue weighted by Gasteiger charge is -2.20. The molecule has 1 aromatic heterocycles. The van der Waals surface area contributed by atoms with Gasteiger partial charge in [0.15, 0.2) is 5.43 Å². The summed E-state index contributed by atoms with van der Waals surface area (Å²) in [5.41, 5.74) is 4.97. The SMILES string of the molecule is CC(CNC(C)c1ccccc1C(=O)O)c1cc(F)cc2c(=O)cc(C3=Cc4ccccc4CCC3)oc12. The van der Waals surface area contributed by atoms with Crippen LogP contribution in [0.1, 0.15) is 77.0 Å². The van der Waals surface area contributed by atoms with Crippen LogP contribution in [0, 0.1) is 5.82 Å². The molecular formula is C32H30FNO4. The molecule has 4 aromatic rings. The molecule has 1 aliphatic carbocycles. The Kier molecular flexibility index (Phi) is 7.25. The molecule has 5 rings (SSSR count). The van der Waals surface area contributed by atoms with E-state index in [0.29, 0.717) is 29.0 Å². The molecule has 2 atom stereocenters. The first-order chi connectivity index (χ1) is 18.3. The summed E-state index contributed by atoms with van der Waals surface area (Å²) in [6, 6.07) is 19.0. The third kappa shape index (κ3) is 5.18. The number of fused-ring (bicyclic) bond motifs is 2. The largest absolute Gasteiger partial charge is 0.478 e. The highest BCUT2D eigenvalue weighted by Gasteiger charge is 2.21. The molecular weight excluding hydrogens is 481 g/mol. The van der Waals surface area contributed by atoms with E-state index in [2.05, 4.69) is 23.5 Å². The number of aryl methyl sites for hydroxylation is 1. The predicted molar refractivity (Wildman–Crippen MR) is 148 cm³/mol. The summed E-state index contributed by atoms with van der Waals surface area (Å²) in [4.78, 5) is 24.8. The molecule has 1 heterocycles. The fourth-order valence-corrected chi connectivity index (χ4v) is 5.24. The van der Waals surface area contributed by atoms with Gasteiger partial charge in [-0.05, 0) is 78.6 Å². The van der Waals surface area contributed by atoms with Crippen molar-refractivity contribution in [3.63, 3.8) is 0 Å². The zero-order valence-corrected chi connectivity index (χ0v) is 21.5. The zero-order chi connectivity index (χ0) is 26.8. The number of nitrogens with one attached hydrogen (secondary N) is 1. The summed E-state index contributed by atoms with van der Waals surface area (Å²) < 4.78 is 21.0. The topological polar surface area (TPSA) is 79.5 Å². The van der Waals surface area contributed by atoms with Crippen LogP contribution in [0.15, 0.2) is 75.9 Å². The number of allylic oxidation sites excluding steroid dienone is 1. The van der Waals surface area contributed by atoms with Gasteiger partial charge in [0.2, 0.25) is 0 Å². The maximum absolute atomic E-state index is 14.6. The Morgan fingerprint density at radius 3 is 2.61 bits per heavy atom. The number of rotatable bonds is 7. The molecule has 2 unspecified atom stereocenters. The van der Waals surface area contributed by atoms with Gasteiger partial charge in [0, 0.05) is 24.2 Å². The van der Waals surface area contributed by atoms with E-state index in [4.69, 9.17) is 4.42 Å². The van der Waals surface area contributed by atoms with Crippen molar-refractivity contribution in [2.75, 3.05) is 6.54 Å². The Morgan fingerprint density at radius 2 is 1.79 bits per heavy atom.